The number of anilines is 2. The van der Waals surface area contributed by atoms with Gasteiger partial charge in [-0.25, -0.2) is 4.68 Å². The Kier molecular flexibility index (Phi) is 5.80. The van der Waals surface area contributed by atoms with Gasteiger partial charge in [-0.15, -0.1) is 10.2 Å². The monoisotopic (exact) mass is 401 g/mol. The van der Waals surface area contributed by atoms with Gasteiger partial charge in [0, 0.05) is 5.69 Å². The highest BCUT2D eigenvalue weighted by atomic mass is 16.5. The molecule has 0 atom stereocenters. The molecule has 1 aromatic heterocycles. The SMILES string of the molecule is COc1ccc(CN(c2ccc(N)cc2)n2cnnc2)cc1OCc1ccccc1. The molecule has 0 bridgehead atoms. The Morgan fingerprint density at radius 3 is 2.30 bits per heavy atom. The first-order chi connectivity index (χ1) is 14.7. The molecule has 0 aliphatic rings. The summed E-state index contributed by atoms with van der Waals surface area (Å²) in [7, 11) is 1.64. The van der Waals surface area contributed by atoms with Crippen molar-refractivity contribution < 1.29 is 9.47 Å². The molecule has 0 unspecified atom stereocenters. The Labute approximate surface area is 175 Å². The molecule has 0 saturated heterocycles. The van der Waals surface area contributed by atoms with E-state index < -0.39 is 0 Å². The zero-order valence-corrected chi connectivity index (χ0v) is 16.7. The first-order valence-electron chi connectivity index (χ1n) is 9.54. The van der Waals surface area contributed by atoms with E-state index in [0.29, 0.717) is 30.3 Å². The van der Waals surface area contributed by atoms with Gasteiger partial charge in [-0.1, -0.05) is 36.4 Å². The van der Waals surface area contributed by atoms with E-state index in [1.165, 1.54) is 0 Å². The summed E-state index contributed by atoms with van der Waals surface area (Å²) in [5, 5.41) is 9.92. The maximum Gasteiger partial charge on any atom is 0.162 e. The fourth-order valence-corrected chi connectivity index (χ4v) is 3.11. The smallest absolute Gasteiger partial charge is 0.162 e. The number of ether oxygens (including phenoxy) is 2. The average molecular weight is 401 g/mol. The van der Waals surface area contributed by atoms with Crippen LogP contribution in [0.4, 0.5) is 11.4 Å². The number of hydrogen-bond donors (Lipinski definition) is 1. The highest BCUT2D eigenvalue weighted by molar-refractivity contribution is 5.53. The fourth-order valence-electron chi connectivity index (χ4n) is 3.11. The second-order valence-corrected chi connectivity index (χ2v) is 6.75. The predicted molar refractivity (Wildman–Crippen MR) is 116 cm³/mol. The van der Waals surface area contributed by atoms with E-state index in [0.717, 1.165) is 16.8 Å². The summed E-state index contributed by atoms with van der Waals surface area (Å²) in [5.41, 5.74) is 9.67. The summed E-state index contributed by atoms with van der Waals surface area (Å²) < 4.78 is 13.4. The van der Waals surface area contributed by atoms with Crippen LogP contribution in [0.15, 0.2) is 85.5 Å². The summed E-state index contributed by atoms with van der Waals surface area (Å²) >= 11 is 0. The molecule has 3 aromatic carbocycles. The van der Waals surface area contributed by atoms with Crippen LogP contribution in [-0.4, -0.2) is 22.0 Å². The van der Waals surface area contributed by atoms with Crippen LogP contribution in [0.2, 0.25) is 0 Å². The van der Waals surface area contributed by atoms with Gasteiger partial charge < -0.3 is 15.2 Å². The lowest BCUT2D eigenvalue weighted by molar-refractivity contribution is 0.284. The molecule has 0 amide bonds. The van der Waals surface area contributed by atoms with Gasteiger partial charge in [0.15, 0.2) is 11.5 Å². The third-order valence-corrected chi connectivity index (χ3v) is 4.67. The van der Waals surface area contributed by atoms with E-state index in [9.17, 15) is 0 Å². The average Bonchev–Trinajstić information content (AvgIpc) is 3.32. The van der Waals surface area contributed by atoms with E-state index in [1.54, 1.807) is 19.8 Å². The predicted octanol–water partition coefficient (Wildman–Crippen LogP) is 3.92. The van der Waals surface area contributed by atoms with Crippen LogP contribution < -0.4 is 20.2 Å². The molecule has 2 N–H and O–H groups in total. The number of nitrogens with two attached hydrogens (primary N) is 1. The number of benzene rings is 3. The van der Waals surface area contributed by atoms with Crippen molar-refractivity contribution in [3.63, 3.8) is 0 Å². The number of nitrogen functional groups attached to an aromatic ring is 1. The van der Waals surface area contributed by atoms with Gasteiger partial charge in [-0.3, -0.25) is 5.01 Å². The van der Waals surface area contributed by atoms with E-state index >= 15 is 0 Å². The van der Waals surface area contributed by atoms with Crippen molar-refractivity contribution in [1.29, 1.82) is 0 Å². The van der Waals surface area contributed by atoms with Gasteiger partial charge in [0.05, 0.1) is 19.3 Å². The number of methoxy groups -OCH3 is 1. The molecule has 7 heteroatoms. The van der Waals surface area contributed by atoms with Crippen molar-refractivity contribution in [3.05, 3.63) is 96.6 Å². The highest BCUT2D eigenvalue weighted by Gasteiger charge is 2.13. The van der Waals surface area contributed by atoms with Gasteiger partial charge in [0.25, 0.3) is 0 Å². The minimum Gasteiger partial charge on any atom is -0.493 e. The quantitative estimate of drug-likeness (QED) is 0.451. The summed E-state index contributed by atoms with van der Waals surface area (Å²) in [6.45, 7) is 1.04. The molecule has 4 rings (SSSR count). The summed E-state index contributed by atoms with van der Waals surface area (Å²) in [6, 6.07) is 23.6. The fraction of sp³-hybridized carbons (Fsp3) is 0.130. The van der Waals surface area contributed by atoms with Crippen LogP contribution in [0.3, 0.4) is 0 Å². The van der Waals surface area contributed by atoms with Gasteiger partial charge >= 0.3 is 0 Å². The summed E-state index contributed by atoms with van der Waals surface area (Å²) in [4.78, 5) is 0. The van der Waals surface area contributed by atoms with Crippen molar-refractivity contribution in [3.8, 4) is 11.5 Å². The third kappa shape index (κ3) is 4.52. The summed E-state index contributed by atoms with van der Waals surface area (Å²) in [5.74, 6) is 1.39. The molecule has 0 fully saturated rings. The zero-order chi connectivity index (χ0) is 20.8. The van der Waals surface area contributed by atoms with Crippen molar-refractivity contribution in [2.75, 3.05) is 17.9 Å². The Balaban J connectivity index is 1.59. The minimum absolute atomic E-state index is 0.466. The van der Waals surface area contributed by atoms with Crippen molar-refractivity contribution >= 4 is 11.4 Å². The maximum absolute atomic E-state index is 6.06. The summed E-state index contributed by atoms with van der Waals surface area (Å²) in [6.07, 6.45) is 3.32. The van der Waals surface area contributed by atoms with E-state index in [1.807, 2.05) is 82.5 Å². The Hall–Kier alpha value is -4.00. The lowest BCUT2D eigenvalue weighted by Crippen LogP contribution is -2.27. The largest absolute Gasteiger partial charge is 0.493 e. The number of nitrogens with zero attached hydrogens (tertiary/aromatic N) is 4. The number of hydrogen-bond acceptors (Lipinski definition) is 6. The molecule has 0 radical (unpaired) electrons. The Morgan fingerprint density at radius 2 is 1.60 bits per heavy atom. The standard InChI is InChI=1S/C23H23N5O2/c1-29-22-12-7-19(13-23(22)30-15-18-5-3-2-4-6-18)14-28(27-16-25-26-17-27)21-10-8-20(24)9-11-21/h2-13,16-17H,14-15,24H2,1H3. The topological polar surface area (TPSA) is 78.4 Å². The Bertz CT molecular complexity index is 1070. The first-order valence-corrected chi connectivity index (χ1v) is 9.54. The van der Waals surface area contributed by atoms with Gasteiger partial charge in [0.1, 0.15) is 19.3 Å². The molecule has 30 heavy (non-hydrogen) atoms. The number of rotatable bonds is 8. The molecule has 4 aromatic rings. The van der Waals surface area contributed by atoms with Crippen molar-refractivity contribution in [1.82, 2.24) is 14.9 Å². The zero-order valence-electron chi connectivity index (χ0n) is 16.7. The van der Waals surface area contributed by atoms with E-state index in [-0.39, 0.29) is 0 Å². The lowest BCUT2D eigenvalue weighted by Gasteiger charge is -2.25. The van der Waals surface area contributed by atoms with Gasteiger partial charge in [-0.05, 0) is 47.5 Å². The van der Waals surface area contributed by atoms with Crippen LogP contribution in [0.1, 0.15) is 11.1 Å². The molecule has 7 nitrogen and oxygen atoms in total. The van der Waals surface area contributed by atoms with Gasteiger partial charge in [0.2, 0.25) is 0 Å². The highest BCUT2D eigenvalue weighted by Crippen LogP contribution is 2.30. The second kappa shape index (κ2) is 9.00. The molecule has 0 saturated carbocycles. The second-order valence-electron chi connectivity index (χ2n) is 6.75. The minimum atomic E-state index is 0.466. The molecule has 1 heterocycles. The normalized spacial score (nSPS) is 10.6. The van der Waals surface area contributed by atoms with Crippen LogP contribution in [0, 0.1) is 0 Å². The van der Waals surface area contributed by atoms with Crippen LogP contribution in [0.25, 0.3) is 0 Å². The molecule has 0 aliphatic heterocycles. The van der Waals surface area contributed by atoms with E-state index in [2.05, 4.69) is 10.2 Å². The molecular formula is C23H23N5O2. The van der Waals surface area contributed by atoms with Crippen molar-refractivity contribution in [2.45, 2.75) is 13.2 Å². The third-order valence-electron chi connectivity index (χ3n) is 4.67. The Morgan fingerprint density at radius 1 is 0.867 bits per heavy atom. The van der Waals surface area contributed by atoms with E-state index in [4.69, 9.17) is 15.2 Å². The van der Waals surface area contributed by atoms with Crippen LogP contribution in [-0.2, 0) is 13.2 Å². The molecule has 152 valence electrons. The van der Waals surface area contributed by atoms with Gasteiger partial charge in [-0.2, -0.15) is 0 Å². The molecular weight excluding hydrogens is 378 g/mol. The van der Waals surface area contributed by atoms with Crippen molar-refractivity contribution in [2.24, 2.45) is 0 Å². The van der Waals surface area contributed by atoms with Crippen LogP contribution in [0.5, 0.6) is 11.5 Å². The maximum atomic E-state index is 6.06. The lowest BCUT2D eigenvalue weighted by atomic mass is 10.1. The molecule has 0 aliphatic carbocycles. The first kappa shape index (κ1) is 19.3. The number of aromatic nitrogens is 3. The molecule has 0 spiro atoms. The van der Waals surface area contributed by atoms with Crippen LogP contribution >= 0.6 is 0 Å².